The molecule has 5 unspecified atom stereocenters. The molecule has 246 valence electrons. The number of nitrogens with zero attached hydrogens (tertiary/aromatic N) is 1. The summed E-state index contributed by atoms with van der Waals surface area (Å²) in [6.45, 7) is 2.07. The van der Waals surface area contributed by atoms with Crippen LogP contribution in [0.15, 0.2) is 30.5 Å². The number of nitrogens with two attached hydrogens (primary N) is 2. The quantitative estimate of drug-likeness (QED) is 0.105. The Labute approximate surface area is 260 Å². The van der Waals surface area contributed by atoms with Gasteiger partial charge in [0.05, 0.1) is 6.04 Å². The molecule has 15 nitrogen and oxygen atoms in total. The van der Waals surface area contributed by atoms with Crippen LogP contribution in [0.5, 0.6) is 0 Å². The second-order valence-electron chi connectivity index (χ2n) is 11.3. The molecule has 1 aromatic heterocycles. The number of amides is 4. The molecule has 2 heterocycles. The molecule has 0 radical (unpaired) electrons. The van der Waals surface area contributed by atoms with Gasteiger partial charge >= 0.3 is 11.9 Å². The van der Waals surface area contributed by atoms with Gasteiger partial charge < -0.3 is 47.5 Å². The summed E-state index contributed by atoms with van der Waals surface area (Å²) in [6.07, 6.45) is 3.37. The van der Waals surface area contributed by atoms with Crippen LogP contribution in [0.3, 0.4) is 0 Å². The molecular weight excluding hydrogens is 586 g/mol. The third kappa shape index (κ3) is 9.74. The topological polar surface area (TPSA) is 250 Å². The summed E-state index contributed by atoms with van der Waals surface area (Å²) in [5.74, 6) is -4.83. The first-order valence-electron chi connectivity index (χ1n) is 15.1. The molecule has 3 rings (SSSR count). The van der Waals surface area contributed by atoms with Gasteiger partial charge in [-0.2, -0.15) is 0 Å². The highest BCUT2D eigenvalue weighted by atomic mass is 16.4. The normalized spacial score (nSPS) is 17.2. The maximum atomic E-state index is 13.6. The molecule has 45 heavy (non-hydrogen) atoms. The number of carboxylic acid groups (broad SMARTS) is 2. The lowest BCUT2D eigenvalue weighted by Gasteiger charge is -2.28. The van der Waals surface area contributed by atoms with E-state index in [1.165, 1.54) is 11.8 Å². The van der Waals surface area contributed by atoms with E-state index in [9.17, 15) is 33.9 Å². The van der Waals surface area contributed by atoms with Crippen LogP contribution in [0.1, 0.15) is 57.4 Å². The second-order valence-corrected chi connectivity index (χ2v) is 11.3. The monoisotopic (exact) mass is 629 g/mol. The van der Waals surface area contributed by atoms with Crippen molar-refractivity contribution >= 4 is 46.5 Å². The van der Waals surface area contributed by atoms with E-state index in [2.05, 4.69) is 20.9 Å². The van der Waals surface area contributed by atoms with E-state index in [0.717, 1.165) is 16.5 Å². The number of hydrogen-bond acceptors (Lipinski definition) is 8. The summed E-state index contributed by atoms with van der Waals surface area (Å²) in [7, 11) is 0. The van der Waals surface area contributed by atoms with Crippen molar-refractivity contribution in [3.05, 3.63) is 36.0 Å². The van der Waals surface area contributed by atoms with Crippen molar-refractivity contribution in [2.24, 2.45) is 11.5 Å². The molecular formula is C30H43N7O8. The number of likely N-dealkylation sites (tertiary alicyclic amines) is 1. The highest BCUT2D eigenvalue weighted by Gasteiger charge is 2.37. The van der Waals surface area contributed by atoms with E-state index >= 15 is 0 Å². The number of carboxylic acids is 2. The van der Waals surface area contributed by atoms with Crippen molar-refractivity contribution in [2.75, 3.05) is 13.1 Å². The van der Waals surface area contributed by atoms with E-state index in [4.69, 9.17) is 16.6 Å². The molecule has 0 saturated carbocycles. The van der Waals surface area contributed by atoms with Gasteiger partial charge in [-0.3, -0.25) is 24.0 Å². The first-order chi connectivity index (χ1) is 21.4. The van der Waals surface area contributed by atoms with Crippen molar-refractivity contribution < 1.29 is 39.0 Å². The van der Waals surface area contributed by atoms with Crippen molar-refractivity contribution in [3.8, 4) is 0 Å². The lowest BCUT2D eigenvalue weighted by atomic mass is 10.0. The number of aliphatic carboxylic acids is 2. The van der Waals surface area contributed by atoms with Gasteiger partial charge in [-0.05, 0) is 63.6 Å². The number of para-hydroxylation sites is 1. The molecule has 0 bridgehead atoms. The van der Waals surface area contributed by atoms with Crippen LogP contribution in [-0.2, 0) is 35.2 Å². The van der Waals surface area contributed by atoms with Crippen molar-refractivity contribution in [1.29, 1.82) is 0 Å². The van der Waals surface area contributed by atoms with Crippen LogP contribution >= 0.6 is 0 Å². The van der Waals surface area contributed by atoms with Crippen LogP contribution in [0, 0.1) is 0 Å². The molecule has 1 fully saturated rings. The number of carbonyl (C=O) groups excluding carboxylic acids is 4. The molecule has 1 saturated heterocycles. The minimum Gasteiger partial charge on any atom is -0.481 e. The number of H-pyrrole nitrogens is 1. The first kappa shape index (κ1) is 35.0. The highest BCUT2D eigenvalue weighted by molar-refractivity contribution is 5.96. The van der Waals surface area contributed by atoms with Gasteiger partial charge in [0.25, 0.3) is 0 Å². The van der Waals surface area contributed by atoms with Gasteiger partial charge in [-0.1, -0.05) is 18.2 Å². The summed E-state index contributed by atoms with van der Waals surface area (Å²) in [6, 6.07) is 1.90. The molecule has 15 heteroatoms. The van der Waals surface area contributed by atoms with Gasteiger partial charge in [0.1, 0.15) is 24.2 Å². The fraction of sp³-hybridized carbons (Fsp3) is 0.533. The maximum Gasteiger partial charge on any atom is 0.326 e. The maximum absolute atomic E-state index is 13.6. The Morgan fingerprint density at radius 3 is 2.36 bits per heavy atom. The molecule has 0 aliphatic carbocycles. The second kappa shape index (κ2) is 16.5. The molecule has 1 aromatic carbocycles. The zero-order valence-corrected chi connectivity index (χ0v) is 25.3. The summed E-state index contributed by atoms with van der Waals surface area (Å²) < 4.78 is 0. The standard InChI is InChI=1S/C30H43N7O8/c1-17(29(43)37-14-6-10-24(37)30(44)45)34-28(42)23(15-18-16-33-21-8-3-2-7-19(18)21)36-27(41)22(9-4-5-13-31)35-26(40)20(32)11-12-25(38)39/h2-3,7-8,16-17,20,22-24,33H,4-6,9-15,31-32H2,1H3,(H,34,42)(H,35,40)(H,36,41)(H,38,39)(H,44,45). The fourth-order valence-corrected chi connectivity index (χ4v) is 5.36. The molecule has 1 aliphatic rings. The van der Waals surface area contributed by atoms with Gasteiger partial charge in [0, 0.05) is 36.5 Å². The van der Waals surface area contributed by atoms with Gasteiger partial charge in [0.15, 0.2) is 0 Å². The van der Waals surface area contributed by atoms with E-state index in [1.54, 1.807) is 6.20 Å². The average molecular weight is 630 g/mol. The third-order valence-corrected chi connectivity index (χ3v) is 7.87. The van der Waals surface area contributed by atoms with Crippen molar-refractivity contribution in [2.45, 2.75) is 88.5 Å². The Bertz CT molecular complexity index is 1380. The lowest BCUT2D eigenvalue weighted by molar-refractivity contribution is -0.149. The summed E-state index contributed by atoms with van der Waals surface area (Å²) >= 11 is 0. The van der Waals surface area contributed by atoms with Crippen LogP contribution in [0.4, 0.5) is 0 Å². The predicted octanol–water partition coefficient (Wildman–Crippen LogP) is -0.419. The largest absolute Gasteiger partial charge is 0.481 e. The number of fused-ring (bicyclic) bond motifs is 1. The van der Waals surface area contributed by atoms with Crippen molar-refractivity contribution in [1.82, 2.24) is 25.8 Å². The van der Waals surface area contributed by atoms with Crippen molar-refractivity contribution in [3.63, 3.8) is 0 Å². The summed E-state index contributed by atoms with van der Waals surface area (Å²) in [5.41, 5.74) is 13.0. The van der Waals surface area contributed by atoms with Gasteiger partial charge in [0.2, 0.25) is 23.6 Å². The average Bonchev–Trinajstić information content (AvgIpc) is 3.66. The zero-order valence-electron chi connectivity index (χ0n) is 25.3. The van der Waals surface area contributed by atoms with Gasteiger partial charge in [-0.25, -0.2) is 4.79 Å². The SMILES string of the molecule is CC(NC(=O)C(Cc1c[nH]c2ccccc12)NC(=O)C(CCCCN)NC(=O)C(N)CCC(=O)O)C(=O)N1CCCC1C(=O)O. The lowest BCUT2D eigenvalue weighted by Crippen LogP contribution is -2.58. The van der Waals surface area contributed by atoms with Crippen LogP contribution in [-0.4, -0.2) is 99.0 Å². The van der Waals surface area contributed by atoms with Crippen LogP contribution in [0.25, 0.3) is 10.9 Å². The highest BCUT2D eigenvalue weighted by Crippen LogP contribution is 2.21. The summed E-state index contributed by atoms with van der Waals surface area (Å²) in [5, 5.41) is 27.2. The number of rotatable bonds is 17. The minimum absolute atomic E-state index is 0.0333. The Morgan fingerprint density at radius 2 is 1.67 bits per heavy atom. The number of benzene rings is 1. The van der Waals surface area contributed by atoms with E-state index in [0.29, 0.717) is 32.2 Å². The number of nitrogens with one attached hydrogen (secondary N) is 4. The number of aromatic amines is 1. The number of unbranched alkanes of at least 4 members (excludes halogenated alkanes) is 1. The summed E-state index contributed by atoms with van der Waals surface area (Å²) in [4.78, 5) is 80.0. The molecule has 0 spiro atoms. The molecule has 4 amide bonds. The molecule has 2 aromatic rings. The van der Waals surface area contributed by atoms with Crippen LogP contribution < -0.4 is 27.4 Å². The van der Waals surface area contributed by atoms with E-state index in [1.807, 2.05) is 24.3 Å². The number of aromatic nitrogens is 1. The van der Waals surface area contributed by atoms with E-state index in [-0.39, 0.29) is 32.2 Å². The zero-order chi connectivity index (χ0) is 33.1. The Morgan fingerprint density at radius 1 is 0.978 bits per heavy atom. The fourth-order valence-electron chi connectivity index (χ4n) is 5.36. The number of carbonyl (C=O) groups is 6. The van der Waals surface area contributed by atoms with Crippen LogP contribution in [0.2, 0.25) is 0 Å². The first-order valence-corrected chi connectivity index (χ1v) is 15.1. The number of hydrogen-bond donors (Lipinski definition) is 8. The van der Waals surface area contributed by atoms with E-state index < -0.39 is 65.8 Å². The molecule has 5 atom stereocenters. The Kier molecular flexibility index (Phi) is 12.9. The van der Waals surface area contributed by atoms with Gasteiger partial charge in [-0.15, -0.1) is 0 Å². The molecule has 10 N–H and O–H groups in total. The Balaban J connectivity index is 1.81. The Hall–Kier alpha value is -4.50. The third-order valence-electron chi connectivity index (χ3n) is 7.87. The minimum atomic E-state index is -1.18. The molecule has 1 aliphatic heterocycles. The predicted molar refractivity (Wildman–Crippen MR) is 164 cm³/mol. The smallest absolute Gasteiger partial charge is 0.326 e.